The number of nitrogens with zero attached hydrogens (tertiary/aromatic N) is 5. The van der Waals surface area contributed by atoms with Gasteiger partial charge < -0.3 is 15.0 Å². The van der Waals surface area contributed by atoms with Gasteiger partial charge in [0, 0.05) is 31.0 Å². The van der Waals surface area contributed by atoms with Crippen molar-refractivity contribution in [2.75, 3.05) is 30.0 Å². The molecule has 2 aromatic rings. The number of hydrogen-bond acceptors (Lipinski definition) is 9. The van der Waals surface area contributed by atoms with Crippen LogP contribution in [0.3, 0.4) is 0 Å². The Morgan fingerprint density at radius 2 is 1.89 bits per heavy atom. The van der Waals surface area contributed by atoms with Crippen molar-refractivity contribution in [2.45, 2.75) is 67.5 Å². The van der Waals surface area contributed by atoms with Crippen LogP contribution in [-0.4, -0.2) is 71.5 Å². The summed E-state index contributed by atoms with van der Waals surface area (Å²) in [6, 6.07) is 1.84. The highest BCUT2D eigenvalue weighted by molar-refractivity contribution is 7.93. The summed E-state index contributed by atoms with van der Waals surface area (Å²) in [5.41, 5.74) is 1.11. The molecule has 35 heavy (non-hydrogen) atoms. The number of morpholine rings is 1. The van der Waals surface area contributed by atoms with E-state index in [0.29, 0.717) is 55.5 Å². The molecule has 4 aliphatic rings. The van der Waals surface area contributed by atoms with Crippen LogP contribution in [0, 0.1) is 0 Å². The first-order valence-electron chi connectivity index (χ1n) is 12.2. The zero-order valence-electron chi connectivity index (χ0n) is 19.6. The maximum absolute atomic E-state index is 13.3. The van der Waals surface area contributed by atoms with Gasteiger partial charge in [-0.05, 0) is 45.4 Å². The highest BCUT2D eigenvalue weighted by atomic mass is 32.2. The van der Waals surface area contributed by atoms with Crippen molar-refractivity contribution in [1.29, 1.82) is 0 Å². The predicted octanol–water partition coefficient (Wildman–Crippen LogP) is 2.01. The fourth-order valence-corrected chi connectivity index (χ4v) is 7.03. The Bertz CT molecular complexity index is 1240. The number of hydrogen-bond donors (Lipinski definition) is 2. The maximum atomic E-state index is 13.3. The molecule has 4 fully saturated rings. The zero-order valence-corrected chi connectivity index (χ0v) is 20.4. The van der Waals surface area contributed by atoms with Crippen LogP contribution in [-0.2, 0) is 19.3 Å². The average molecular weight is 500 g/mol. The number of ether oxygens (including phenoxy) is 1. The molecular formula is C23H29N7O4S. The highest BCUT2D eigenvalue weighted by Crippen LogP contribution is 2.57. The second-order valence-corrected chi connectivity index (χ2v) is 12.5. The lowest BCUT2D eigenvalue weighted by Gasteiger charge is -2.34. The van der Waals surface area contributed by atoms with E-state index in [1.54, 1.807) is 12.4 Å². The van der Waals surface area contributed by atoms with Crippen LogP contribution in [0.5, 0.6) is 0 Å². The van der Waals surface area contributed by atoms with E-state index in [4.69, 9.17) is 14.7 Å². The lowest BCUT2D eigenvalue weighted by Crippen LogP contribution is -2.44. The lowest BCUT2D eigenvalue weighted by atomic mass is 10.2. The number of amides is 2. The SMILES string of the molecule is C[C@H]1COCCN1c1cc(C2(S(=O)(=O)C3CC3)CC2)nc(-c2cnc(NC(=O)NC3CC3)nc2)n1. The predicted molar refractivity (Wildman–Crippen MR) is 129 cm³/mol. The van der Waals surface area contributed by atoms with Crippen molar-refractivity contribution in [3.05, 3.63) is 24.2 Å². The molecule has 0 spiro atoms. The summed E-state index contributed by atoms with van der Waals surface area (Å²) in [6.45, 7) is 3.88. The van der Waals surface area contributed by atoms with Crippen molar-refractivity contribution in [1.82, 2.24) is 25.3 Å². The van der Waals surface area contributed by atoms with Gasteiger partial charge in [-0.1, -0.05) is 0 Å². The molecule has 1 aliphatic heterocycles. The van der Waals surface area contributed by atoms with Gasteiger partial charge in [0.1, 0.15) is 10.6 Å². The van der Waals surface area contributed by atoms with Gasteiger partial charge in [-0.15, -0.1) is 0 Å². The summed E-state index contributed by atoms with van der Waals surface area (Å²) >= 11 is 0. The van der Waals surface area contributed by atoms with Crippen molar-refractivity contribution < 1.29 is 17.9 Å². The van der Waals surface area contributed by atoms with Crippen molar-refractivity contribution in [3.63, 3.8) is 0 Å². The van der Waals surface area contributed by atoms with Gasteiger partial charge in [0.25, 0.3) is 0 Å². The molecule has 3 aliphatic carbocycles. The van der Waals surface area contributed by atoms with E-state index >= 15 is 0 Å². The van der Waals surface area contributed by atoms with E-state index in [1.165, 1.54) is 0 Å². The van der Waals surface area contributed by atoms with Crippen LogP contribution in [0.2, 0.25) is 0 Å². The molecule has 0 aromatic carbocycles. The molecule has 6 rings (SSSR count). The largest absolute Gasteiger partial charge is 0.377 e. The molecule has 3 saturated carbocycles. The number of carbonyl (C=O) groups excluding carboxylic acids is 1. The Morgan fingerprint density at radius 1 is 1.14 bits per heavy atom. The van der Waals surface area contributed by atoms with Gasteiger partial charge >= 0.3 is 6.03 Å². The van der Waals surface area contributed by atoms with Crippen LogP contribution in [0.4, 0.5) is 16.6 Å². The van der Waals surface area contributed by atoms with Crippen LogP contribution in [0.15, 0.2) is 18.5 Å². The summed E-state index contributed by atoms with van der Waals surface area (Å²) in [6.07, 6.45) is 7.70. The fourth-order valence-electron chi connectivity index (χ4n) is 4.57. The standard InChI is InChI=1S/C23H29N7O4S/c1-14-13-34-9-8-30(14)19-10-18(23(6-7-23)35(32,33)17-4-5-17)27-20(28-19)15-11-24-21(25-12-15)29-22(31)26-16-2-3-16/h10-12,14,16-17H,2-9,13H2,1H3,(H2,24,25,26,29,31)/t14-/m0/s1. The number of carbonyl (C=O) groups is 1. The first kappa shape index (κ1) is 22.6. The third-order valence-corrected chi connectivity index (χ3v) is 10.2. The first-order chi connectivity index (χ1) is 16.9. The van der Waals surface area contributed by atoms with Gasteiger partial charge in [-0.25, -0.2) is 33.1 Å². The van der Waals surface area contributed by atoms with Crippen LogP contribution >= 0.6 is 0 Å². The molecule has 186 valence electrons. The summed E-state index contributed by atoms with van der Waals surface area (Å²) in [4.78, 5) is 32.2. The number of nitrogens with one attached hydrogen (secondary N) is 2. The number of aromatic nitrogens is 4. The molecule has 0 radical (unpaired) electrons. The van der Waals surface area contributed by atoms with Crippen LogP contribution < -0.4 is 15.5 Å². The van der Waals surface area contributed by atoms with Crippen LogP contribution in [0.25, 0.3) is 11.4 Å². The van der Waals surface area contributed by atoms with Crippen molar-refractivity contribution in [2.24, 2.45) is 0 Å². The average Bonchev–Trinajstić information content (AvgIpc) is 3.70. The van der Waals surface area contributed by atoms with E-state index in [-0.39, 0.29) is 29.3 Å². The maximum Gasteiger partial charge on any atom is 0.321 e. The monoisotopic (exact) mass is 499 g/mol. The Kier molecular flexibility index (Phi) is 5.40. The second kappa shape index (κ2) is 8.37. The third kappa shape index (κ3) is 4.33. The molecule has 2 amide bonds. The van der Waals surface area contributed by atoms with Gasteiger partial charge in [-0.3, -0.25) is 5.32 Å². The molecule has 11 nitrogen and oxygen atoms in total. The van der Waals surface area contributed by atoms with Gasteiger partial charge in [-0.2, -0.15) is 0 Å². The topological polar surface area (TPSA) is 139 Å². The molecule has 0 unspecified atom stereocenters. The Balaban J connectivity index is 1.34. The summed E-state index contributed by atoms with van der Waals surface area (Å²) < 4.78 is 31.3. The van der Waals surface area contributed by atoms with Crippen LogP contribution in [0.1, 0.15) is 51.1 Å². The van der Waals surface area contributed by atoms with E-state index in [1.807, 2.05) is 6.07 Å². The Hall–Kier alpha value is -2.86. The Morgan fingerprint density at radius 3 is 2.51 bits per heavy atom. The van der Waals surface area contributed by atoms with E-state index in [2.05, 4.69) is 32.4 Å². The Labute approximate surface area is 204 Å². The van der Waals surface area contributed by atoms with Gasteiger partial charge in [0.05, 0.1) is 35.8 Å². The number of sulfone groups is 1. The normalized spacial score (nSPS) is 23.6. The molecule has 1 atom stereocenters. The molecule has 2 N–H and O–H groups in total. The first-order valence-corrected chi connectivity index (χ1v) is 13.8. The minimum atomic E-state index is -3.31. The smallest absolute Gasteiger partial charge is 0.321 e. The number of urea groups is 1. The summed E-state index contributed by atoms with van der Waals surface area (Å²) in [5, 5.41) is 5.20. The third-order valence-electron chi connectivity index (χ3n) is 7.10. The van der Waals surface area contributed by atoms with E-state index in [9.17, 15) is 13.2 Å². The number of anilines is 2. The minimum absolute atomic E-state index is 0.0994. The fraction of sp³-hybridized carbons (Fsp3) is 0.609. The van der Waals surface area contributed by atoms with E-state index < -0.39 is 14.6 Å². The molecule has 12 heteroatoms. The lowest BCUT2D eigenvalue weighted by molar-refractivity contribution is 0.0985. The molecule has 3 heterocycles. The van der Waals surface area contributed by atoms with Crippen molar-refractivity contribution in [3.8, 4) is 11.4 Å². The summed E-state index contributed by atoms with van der Waals surface area (Å²) in [7, 11) is -3.31. The number of rotatable bonds is 7. The van der Waals surface area contributed by atoms with Gasteiger partial charge in [0.15, 0.2) is 15.7 Å². The second-order valence-electron chi connectivity index (χ2n) is 9.96. The van der Waals surface area contributed by atoms with Crippen molar-refractivity contribution >= 4 is 27.6 Å². The summed E-state index contributed by atoms with van der Waals surface area (Å²) in [5.74, 6) is 1.24. The highest BCUT2D eigenvalue weighted by Gasteiger charge is 2.61. The molecular weight excluding hydrogens is 470 g/mol. The van der Waals surface area contributed by atoms with Gasteiger partial charge in [0.2, 0.25) is 5.95 Å². The molecule has 2 aromatic heterocycles. The van der Waals surface area contributed by atoms with E-state index in [0.717, 1.165) is 25.7 Å². The molecule has 0 bridgehead atoms. The minimum Gasteiger partial charge on any atom is -0.377 e. The quantitative estimate of drug-likeness (QED) is 0.585. The zero-order chi connectivity index (χ0) is 24.2. The molecule has 1 saturated heterocycles.